The van der Waals surface area contributed by atoms with E-state index in [4.69, 9.17) is 14.6 Å². The molecule has 2 aromatic heterocycles. The van der Waals surface area contributed by atoms with E-state index in [0.717, 1.165) is 65.8 Å². The van der Waals surface area contributed by atoms with Crippen molar-refractivity contribution in [3.05, 3.63) is 70.5 Å². The average Bonchev–Trinajstić information content (AvgIpc) is 3.69. The fraction of sp³-hybridized carbons (Fsp3) is 0.512. The summed E-state index contributed by atoms with van der Waals surface area (Å²) < 4.78 is 18.9. The van der Waals surface area contributed by atoms with Crippen LogP contribution in [0.15, 0.2) is 42.6 Å². The third-order valence-corrected chi connectivity index (χ3v) is 12.2. The summed E-state index contributed by atoms with van der Waals surface area (Å²) in [4.78, 5) is 30.4. The lowest BCUT2D eigenvalue weighted by Gasteiger charge is -2.40. The number of hydrogen-bond donors (Lipinski definition) is 1. The fourth-order valence-corrected chi connectivity index (χ4v) is 9.40. The first-order valence-corrected chi connectivity index (χ1v) is 20.4. The van der Waals surface area contributed by atoms with E-state index in [-0.39, 0.29) is 35.2 Å². The van der Waals surface area contributed by atoms with Gasteiger partial charge in [0.05, 0.1) is 49.5 Å². The lowest BCUT2D eigenvalue weighted by Crippen LogP contribution is -2.50. The Morgan fingerprint density at radius 2 is 1.75 bits per heavy atom. The number of benzene rings is 2. The third kappa shape index (κ3) is 7.17. The molecule has 2 aliphatic heterocycles. The molecule has 10 heteroatoms. The van der Waals surface area contributed by atoms with E-state index >= 15 is 0 Å². The summed E-state index contributed by atoms with van der Waals surface area (Å²) in [6.07, 6.45) is 12.9. The molecule has 1 aliphatic carbocycles. The number of likely N-dealkylation sites (tertiary alicyclic amines) is 1. The molecule has 2 unspecified atom stereocenters. The van der Waals surface area contributed by atoms with Gasteiger partial charge >= 0.3 is 0 Å². The molecule has 7 rings (SSSR count). The largest absolute Gasteiger partial charge is 0.497 e. The van der Waals surface area contributed by atoms with Gasteiger partial charge in [-0.1, -0.05) is 39.2 Å². The van der Waals surface area contributed by atoms with Crippen LogP contribution in [0.1, 0.15) is 135 Å². The number of allylic oxidation sites excluding steroid dienone is 1. The van der Waals surface area contributed by atoms with Crippen molar-refractivity contribution >= 4 is 46.3 Å². The molecule has 1 saturated heterocycles. The minimum absolute atomic E-state index is 0.000690. The van der Waals surface area contributed by atoms with Gasteiger partial charge in [0.2, 0.25) is 0 Å². The van der Waals surface area contributed by atoms with Crippen molar-refractivity contribution in [3.63, 3.8) is 0 Å². The number of ether oxygens (including phenoxy) is 2. The van der Waals surface area contributed by atoms with Gasteiger partial charge in [-0.3, -0.25) is 19.0 Å². The molecule has 0 radical (unpaired) electrons. The van der Waals surface area contributed by atoms with Crippen LogP contribution in [0.25, 0.3) is 33.8 Å². The highest BCUT2D eigenvalue weighted by atomic mass is 32.2. The Balaban J connectivity index is 1.46. The number of carbonyl (C=O) groups excluding carboxylic acids is 2. The van der Waals surface area contributed by atoms with Crippen LogP contribution in [-0.2, 0) is 11.3 Å². The molecule has 1 saturated carbocycles. The van der Waals surface area contributed by atoms with Gasteiger partial charge in [-0.2, -0.15) is 5.10 Å². The van der Waals surface area contributed by atoms with Crippen LogP contribution >= 0.6 is 11.9 Å². The quantitative estimate of drug-likeness (QED) is 0.163. The predicted octanol–water partition coefficient (Wildman–Crippen LogP) is 9.51. The zero-order valence-corrected chi connectivity index (χ0v) is 33.2. The number of carbonyl (C=O) groups is 2. The number of fused-ring (bicyclic) bond motifs is 5. The zero-order valence-electron chi connectivity index (χ0n) is 32.4. The van der Waals surface area contributed by atoms with Gasteiger partial charge in [-0.05, 0) is 124 Å². The maximum atomic E-state index is 14.8. The minimum atomic E-state index is -0.0954. The first-order valence-electron chi connectivity index (χ1n) is 19.5. The SMILES string of the molecule is COCC1CCCC(C)N1C(=O)c1cnn(C(C)C)c1C1=Cc2cc(OC)ccc2-c2c(C3CCCCC3)c3ccc(C(=O)NSC(C)C)cc3n2C1. The van der Waals surface area contributed by atoms with Crippen LogP contribution in [0.3, 0.4) is 0 Å². The van der Waals surface area contributed by atoms with Crippen molar-refractivity contribution in [1.29, 1.82) is 0 Å². The Kier molecular flexibility index (Phi) is 11.1. The second-order valence-electron chi connectivity index (χ2n) is 15.7. The monoisotopic (exact) mass is 737 g/mol. The van der Waals surface area contributed by atoms with Gasteiger partial charge in [0.15, 0.2) is 0 Å². The molecule has 0 bridgehead atoms. The van der Waals surface area contributed by atoms with Gasteiger partial charge in [-0.25, -0.2) is 0 Å². The van der Waals surface area contributed by atoms with Crippen molar-refractivity contribution in [1.82, 2.24) is 24.0 Å². The Bertz CT molecular complexity index is 2020. The van der Waals surface area contributed by atoms with Crippen LogP contribution in [0, 0.1) is 0 Å². The summed E-state index contributed by atoms with van der Waals surface area (Å²) in [5.41, 5.74) is 8.85. The zero-order chi connectivity index (χ0) is 37.4. The standard InChI is InChI=1S/C43H55N5O4S/c1-26(2)48-40(37(23-44-48)43(50)47-28(5)12-11-15-33(47)25-51-6)32-20-31-21-34(52-7)17-19-35(31)41-39(29-13-9-8-10-14-29)36-18-16-30(22-38(36)46(41)24-32)42(49)45-53-27(3)4/h16-23,26-29,33H,8-15,24-25H2,1-7H3,(H,45,49). The molecule has 2 atom stereocenters. The maximum absolute atomic E-state index is 14.8. The summed E-state index contributed by atoms with van der Waals surface area (Å²) >= 11 is 1.44. The second-order valence-corrected chi connectivity index (χ2v) is 17.1. The molecular formula is C43H55N5O4S. The predicted molar refractivity (Wildman–Crippen MR) is 216 cm³/mol. The van der Waals surface area contributed by atoms with Crippen LogP contribution in [0.5, 0.6) is 5.75 Å². The average molecular weight is 738 g/mol. The molecule has 1 N–H and O–H groups in total. The van der Waals surface area contributed by atoms with Crippen LogP contribution in [-0.4, -0.2) is 69.2 Å². The molecule has 2 fully saturated rings. The van der Waals surface area contributed by atoms with Crippen molar-refractivity contribution in [2.45, 2.75) is 122 Å². The van der Waals surface area contributed by atoms with Gasteiger partial charge in [0, 0.05) is 46.5 Å². The van der Waals surface area contributed by atoms with E-state index in [2.05, 4.69) is 74.2 Å². The summed E-state index contributed by atoms with van der Waals surface area (Å²) in [6, 6.07) is 12.7. The van der Waals surface area contributed by atoms with Gasteiger partial charge in [0.1, 0.15) is 5.75 Å². The van der Waals surface area contributed by atoms with Crippen LogP contribution in [0.2, 0.25) is 0 Å². The number of rotatable bonds is 10. The second kappa shape index (κ2) is 15.8. The van der Waals surface area contributed by atoms with E-state index in [1.165, 1.54) is 47.9 Å². The molecular weight excluding hydrogens is 683 g/mol. The number of nitrogens with zero attached hydrogens (tertiary/aromatic N) is 4. The third-order valence-electron chi connectivity index (χ3n) is 11.4. The first-order chi connectivity index (χ1) is 25.6. The van der Waals surface area contributed by atoms with Crippen molar-refractivity contribution < 1.29 is 19.1 Å². The topological polar surface area (TPSA) is 90.6 Å². The first kappa shape index (κ1) is 37.3. The number of piperidine rings is 1. The van der Waals surface area contributed by atoms with Gasteiger partial charge < -0.3 is 18.9 Å². The number of methoxy groups -OCH3 is 2. The van der Waals surface area contributed by atoms with E-state index in [0.29, 0.717) is 30.2 Å². The number of hydrogen-bond acceptors (Lipinski definition) is 6. The van der Waals surface area contributed by atoms with Crippen molar-refractivity contribution in [2.75, 3.05) is 20.8 Å². The van der Waals surface area contributed by atoms with Crippen molar-refractivity contribution in [3.8, 4) is 17.0 Å². The van der Waals surface area contributed by atoms with Gasteiger partial charge in [-0.15, -0.1) is 0 Å². The summed E-state index contributed by atoms with van der Waals surface area (Å²) in [5, 5.41) is 6.37. The minimum Gasteiger partial charge on any atom is -0.497 e. The Morgan fingerprint density at radius 1 is 0.962 bits per heavy atom. The van der Waals surface area contributed by atoms with E-state index in [1.54, 1.807) is 20.4 Å². The van der Waals surface area contributed by atoms with E-state index in [9.17, 15) is 9.59 Å². The molecule has 2 amide bonds. The molecule has 3 aliphatic rings. The summed E-state index contributed by atoms with van der Waals surface area (Å²) in [7, 11) is 3.42. The molecule has 282 valence electrons. The Labute approximate surface area is 318 Å². The van der Waals surface area contributed by atoms with E-state index < -0.39 is 0 Å². The lowest BCUT2D eigenvalue weighted by atomic mass is 9.81. The fourth-order valence-electron chi connectivity index (χ4n) is 8.94. The highest BCUT2D eigenvalue weighted by Crippen LogP contribution is 2.48. The molecule has 53 heavy (non-hydrogen) atoms. The van der Waals surface area contributed by atoms with Gasteiger partial charge in [0.25, 0.3) is 11.8 Å². The normalized spacial score (nSPS) is 19.3. The smallest absolute Gasteiger partial charge is 0.261 e. The highest BCUT2D eigenvalue weighted by Gasteiger charge is 2.37. The number of amides is 2. The molecule has 2 aromatic carbocycles. The lowest BCUT2D eigenvalue weighted by molar-refractivity contribution is 0.0264. The highest BCUT2D eigenvalue weighted by molar-refractivity contribution is 7.98. The number of aromatic nitrogens is 3. The summed E-state index contributed by atoms with van der Waals surface area (Å²) in [6.45, 7) is 11.6. The molecule has 4 aromatic rings. The van der Waals surface area contributed by atoms with E-state index in [1.807, 2.05) is 21.7 Å². The van der Waals surface area contributed by atoms with Crippen LogP contribution < -0.4 is 9.46 Å². The Hall–Kier alpha value is -4.02. The number of nitrogens with one attached hydrogen (secondary N) is 1. The van der Waals surface area contributed by atoms with Crippen molar-refractivity contribution in [2.24, 2.45) is 0 Å². The van der Waals surface area contributed by atoms with Crippen LogP contribution in [0.4, 0.5) is 0 Å². The molecule has 0 spiro atoms. The molecule has 4 heterocycles. The maximum Gasteiger partial charge on any atom is 0.261 e. The molecule has 9 nitrogen and oxygen atoms in total. The Morgan fingerprint density at radius 3 is 2.47 bits per heavy atom. The summed E-state index contributed by atoms with van der Waals surface area (Å²) in [5.74, 6) is 1.09.